The molecule has 1 atom stereocenters. The van der Waals surface area contributed by atoms with E-state index in [1.54, 1.807) is 11.8 Å². The summed E-state index contributed by atoms with van der Waals surface area (Å²) in [4.78, 5) is 14.0. The van der Waals surface area contributed by atoms with Crippen LogP contribution in [-0.2, 0) is 23.1 Å². The quantitative estimate of drug-likeness (QED) is 0.493. The normalized spacial score (nSPS) is 20.5. The average molecular weight is 431 g/mol. The van der Waals surface area contributed by atoms with E-state index in [9.17, 15) is 4.79 Å². The van der Waals surface area contributed by atoms with Crippen molar-refractivity contribution in [2.75, 3.05) is 32.6 Å². The van der Waals surface area contributed by atoms with Gasteiger partial charge in [0, 0.05) is 31.9 Å². The zero-order chi connectivity index (χ0) is 20.9. The van der Waals surface area contributed by atoms with E-state index in [1.807, 2.05) is 24.3 Å². The molecule has 1 aromatic carbocycles. The lowest BCUT2D eigenvalue weighted by atomic mass is 9.95. The van der Waals surface area contributed by atoms with E-state index < -0.39 is 0 Å². The minimum Gasteiger partial charge on any atom is -0.465 e. The number of thioether (sulfide) groups is 1. The standard InChI is InChI=1S/C22H30N4O3S/c1-25-20(23-24-22(25)30-15-19-4-3-13-29-19)17-9-11-26(12-10-17)14-16-5-7-18(8-6-16)21(27)28-2/h5-8,17,19H,3-4,9-15H2,1-2H3/t19-/m1/s1. The lowest BCUT2D eigenvalue weighted by Crippen LogP contribution is -2.33. The van der Waals surface area contributed by atoms with Gasteiger partial charge in [0.2, 0.25) is 0 Å². The Morgan fingerprint density at radius 2 is 1.97 bits per heavy atom. The van der Waals surface area contributed by atoms with Crippen molar-refractivity contribution < 1.29 is 14.3 Å². The van der Waals surface area contributed by atoms with Gasteiger partial charge in [-0.15, -0.1) is 10.2 Å². The molecule has 0 amide bonds. The van der Waals surface area contributed by atoms with Crippen molar-refractivity contribution in [2.24, 2.45) is 7.05 Å². The number of esters is 1. The maximum atomic E-state index is 11.6. The number of benzene rings is 1. The van der Waals surface area contributed by atoms with Crippen LogP contribution in [0.1, 0.15) is 53.3 Å². The van der Waals surface area contributed by atoms with E-state index in [-0.39, 0.29) is 5.97 Å². The molecule has 1 aromatic heterocycles. The number of nitrogens with zero attached hydrogens (tertiary/aromatic N) is 4. The van der Waals surface area contributed by atoms with Gasteiger partial charge in [-0.1, -0.05) is 23.9 Å². The Morgan fingerprint density at radius 3 is 2.63 bits per heavy atom. The predicted molar refractivity (Wildman–Crippen MR) is 116 cm³/mol. The van der Waals surface area contributed by atoms with Crippen LogP contribution in [0.25, 0.3) is 0 Å². The molecule has 0 spiro atoms. The second-order valence-corrected chi connectivity index (χ2v) is 9.07. The maximum Gasteiger partial charge on any atom is 0.337 e. The zero-order valence-electron chi connectivity index (χ0n) is 17.7. The number of aromatic nitrogens is 3. The minimum absolute atomic E-state index is 0.292. The molecule has 0 radical (unpaired) electrons. The highest BCUT2D eigenvalue weighted by Gasteiger charge is 2.26. The first-order valence-corrected chi connectivity index (χ1v) is 11.7. The number of hydrogen-bond acceptors (Lipinski definition) is 7. The summed E-state index contributed by atoms with van der Waals surface area (Å²) in [5.74, 6) is 2.22. The first kappa shape index (κ1) is 21.3. The summed E-state index contributed by atoms with van der Waals surface area (Å²) in [6, 6.07) is 7.70. The van der Waals surface area contributed by atoms with Crippen molar-refractivity contribution in [1.29, 1.82) is 0 Å². The molecule has 0 N–H and O–H groups in total. The fourth-order valence-corrected chi connectivity index (χ4v) is 5.21. The van der Waals surface area contributed by atoms with E-state index in [1.165, 1.54) is 19.1 Å². The molecule has 3 heterocycles. The number of rotatable bonds is 7. The highest BCUT2D eigenvalue weighted by molar-refractivity contribution is 7.99. The molecule has 2 aromatic rings. The third-order valence-corrected chi connectivity index (χ3v) is 7.18. The Bertz CT molecular complexity index is 841. The smallest absolute Gasteiger partial charge is 0.337 e. The average Bonchev–Trinajstić information content (AvgIpc) is 3.42. The second-order valence-electron chi connectivity index (χ2n) is 8.08. The van der Waals surface area contributed by atoms with Gasteiger partial charge in [-0.25, -0.2) is 4.79 Å². The molecular weight excluding hydrogens is 400 g/mol. The molecule has 4 rings (SSSR count). The first-order chi connectivity index (χ1) is 14.6. The highest BCUT2D eigenvalue weighted by atomic mass is 32.2. The van der Waals surface area contributed by atoms with Crippen molar-refractivity contribution in [3.8, 4) is 0 Å². The molecule has 0 saturated carbocycles. The number of carbonyl (C=O) groups excluding carboxylic acids is 1. The van der Waals surface area contributed by atoms with Gasteiger partial charge in [-0.3, -0.25) is 4.90 Å². The largest absolute Gasteiger partial charge is 0.465 e. The van der Waals surface area contributed by atoms with Crippen molar-refractivity contribution in [3.63, 3.8) is 0 Å². The van der Waals surface area contributed by atoms with Crippen LogP contribution in [0.4, 0.5) is 0 Å². The van der Waals surface area contributed by atoms with Gasteiger partial charge in [-0.2, -0.15) is 0 Å². The molecule has 7 nitrogen and oxygen atoms in total. The SMILES string of the molecule is COC(=O)c1ccc(CN2CCC(c3nnc(SC[C@H]4CCCO4)n3C)CC2)cc1. The monoisotopic (exact) mass is 430 g/mol. The highest BCUT2D eigenvalue weighted by Crippen LogP contribution is 2.30. The van der Waals surface area contributed by atoms with Crippen LogP contribution < -0.4 is 0 Å². The molecular formula is C22H30N4O3S. The fraction of sp³-hybridized carbons (Fsp3) is 0.591. The van der Waals surface area contributed by atoms with Crippen LogP contribution in [0.5, 0.6) is 0 Å². The van der Waals surface area contributed by atoms with Gasteiger partial charge in [0.25, 0.3) is 0 Å². The predicted octanol–water partition coefficient (Wildman–Crippen LogP) is 3.25. The number of ether oxygens (including phenoxy) is 2. The topological polar surface area (TPSA) is 69.5 Å². The molecule has 0 bridgehead atoms. The fourth-order valence-electron chi connectivity index (χ4n) is 4.22. The van der Waals surface area contributed by atoms with Crippen LogP contribution in [-0.4, -0.2) is 64.3 Å². The third kappa shape index (κ3) is 5.04. The van der Waals surface area contributed by atoms with E-state index in [0.717, 1.165) is 62.2 Å². The van der Waals surface area contributed by atoms with Crippen LogP contribution in [0.2, 0.25) is 0 Å². The van der Waals surface area contributed by atoms with Crippen molar-refractivity contribution in [3.05, 3.63) is 41.2 Å². The zero-order valence-corrected chi connectivity index (χ0v) is 18.6. The Morgan fingerprint density at radius 1 is 1.20 bits per heavy atom. The van der Waals surface area contributed by atoms with E-state index in [0.29, 0.717) is 17.6 Å². The number of methoxy groups -OCH3 is 1. The molecule has 2 fully saturated rings. The van der Waals surface area contributed by atoms with Gasteiger partial charge in [0.15, 0.2) is 5.16 Å². The molecule has 0 unspecified atom stereocenters. The molecule has 162 valence electrons. The summed E-state index contributed by atoms with van der Waals surface area (Å²) in [6.45, 7) is 3.86. The number of piperidine rings is 1. The summed E-state index contributed by atoms with van der Waals surface area (Å²) in [5.41, 5.74) is 1.81. The Hall–Kier alpha value is -1.90. The Labute approximate surface area is 182 Å². The van der Waals surface area contributed by atoms with Crippen molar-refractivity contribution in [2.45, 2.75) is 49.4 Å². The van der Waals surface area contributed by atoms with Gasteiger partial charge >= 0.3 is 5.97 Å². The molecule has 2 aliphatic rings. The van der Waals surface area contributed by atoms with Gasteiger partial charge in [0.1, 0.15) is 5.82 Å². The third-order valence-electron chi connectivity index (χ3n) is 6.02. The molecule has 8 heteroatoms. The Balaban J connectivity index is 1.27. The van der Waals surface area contributed by atoms with E-state index in [2.05, 4.69) is 26.7 Å². The number of hydrogen-bond donors (Lipinski definition) is 0. The number of likely N-dealkylation sites (tertiary alicyclic amines) is 1. The summed E-state index contributed by atoms with van der Waals surface area (Å²) in [5, 5.41) is 9.95. The summed E-state index contributed by atoms with van der Waals surface area (Å²) < 4.78 is 12.6. The molecule has 2 saturated heterocycles. The van der Waals surface area contributed by atoms with Crippen LogP contribution in [0.3, 0.4) is 0 Å². The molecule has 0 aliphatic carbocycles. The van der Waals surface area contributed by atoms with Gasteiger partial charge in [-0.05, 0) is 56.5 Å². The van der Waals surface area contributed by atoms with Crippen LogP contribution in [0, 0.1) is 0 Å². The minimum atomic E-state index is -0.292. The second kappa shape index (κ2) is 9.94. The lowest BCUT2D eigenvalue weighted by Gasteiger charge is -2.31. The van der Waals surface area contributed by atoms with Gasteiger partial charge in [0.05, 0.1) is 18.8 Å². The first-order valence-electron chi connectivity index (χ1n) is 10.7. The molecule has 30 heavy (non-hydrogen) atoms. The summed E-state index contributed by atoms with van der Waals surface area (Å²) in [7, 11) is 3.49. The Kier molecular flexibility index (Phi) is 7.07. The number of carbonyl (C=O) groups is 1. The van der Waals surface area contributed by atoms with Crippen molar-refractivity contribution in [1.82, 2.24) is 19.7 Å². The van der Waals surface area contributed by atoms with Crippen LogP contribution in [0.15, 0.2) is 29.4 Å². The molecule has 2 aliphatic heterocycles. The maximum absolute atomic E-state index is 11.6. The van der Waals surface area contributed by atoms with Crippen LogP contribution >= 0.6 is 11.8 Å². The van der Waals surface area contributed by atoms with E-state index in [4.69, 9.17) is 9.47 Å². The summed E-state index contributed by atoms with van der Waals surface area (Å²) >= 11 is 1.76. The van der Waals surface area contributed by atoms with Crippen molar-refractivity contribution >= 4 is 17.7 Å². The van der Waals surface area contributed by atoms with E-state index >= 15 is 0 Å². The summed E-state index contributed by atoms with van der Waals surface area (Å²) in [6.07, 6.45) is 4.86. The lowest BCUT2D eigenvalue weighted by molar-refractivity contribution is 0.0600. The van der Waals surface area contributed by atoms with Gasteiger partial charge < -0.3 is 14.0 Å².